The summed E-state index contributed by atoms with van der Waals surface area (Å²) in [6.07, 6.45) is 3.03. The first kappa shape index (κ1) is 13.9. The zero-order valence-electron chi connectivity index (χ0n) is 9.78. The Kier molecular flexibility index (Phi) is 4.47. The Morgan fingerprint density at radius 3 is 2.89 bits per heavy atom. The van der Waals surface area contributed by atoms with Gasteiger partial charge in [0, 0.05) is 16.0 Å². The molecule has 1 saturated carbocycles. The van der Waals surface area contributed by atoms with Crippen LogP contribution in [0.5, 0.6) is 5.75 Å². The molecule has 0 radical (unpaired) electrons. The number of carbonyl (C=O) groups excluding carboxylic acids is 1. The maximum atomic E-state index is 12.2. The molecular weight excluding hydrogens is 322 g/mol. The SMILES string of the molecule is O=C(N/N=C\c1cc(Br)ccc1OC(F)F)C1CC1. The van der Waals surface area contributed by atoms with Gasteiger partial charge in [0.05, 0.1) is 6.21 Å². The molecule has 1 fully saturated rings. The molecule has 1 aromatic rings. The van der Waals surface area contributed by atoms with Crippen molar-refractivity contribution < 1.29 is 18.3 Å². The monoisotopic (exact) mass is 332 g/mol. The minimum absolute atomic E-state index is 0.00243. The van der Waals surface area contributed by atoms with E-state index in [4.69, 9.17) is 0 Å². The summed E-state index contributed by atoms with van der Waals surface area (Å²) < 4.78 is 29.5. The zero-order valence-corrected chi connectivity index (χ0v) is 11.4. The van der Waals surface area contributed by atoms with E-state index in [1.54, 1.807) is 12.1 Å². The number of hydrazone groups is 1. The van der Waals surface area contributed by atoms with Crippen LogP contribution >= 0.6 is 15.9 Å². The van der Waals surface area contributed by atoms with Crippen LogP contribution in [-0.2, 0) is 4.79 Å². The van der Waals surface area contributed by atoms with Crippen LogP contribution in [0, 0.1) is 5.92 Å². The first-order valence-electron chi connectivity index (χ1n) is 5.63. The van der Waals surface area contributed by atoms with E-state index in [0.29, 0.717) is 10.0 Å². The lowest BCUT2D eigenvalue weighted by Gasteiger charge is -2.07. The van der Waals surface area contributed by atoms with E-state index in [2.05, 4.69) is 31.2 Å². The molecule has 0 saturated heterocycles. The van der Waals surface area contributed by atoms with E-state index in [9.17, 15) is 13.6 Å². The highest BCUT2D eigenvalue weighted by molar-refractivity contribution is 9.10. The lowest BCUT2D eigenvalue weighted by Crippen LogP contribution is -2.19. The van der Waals surface area contributed by atoms with Crippen LogP contribution in [0.1, 0.15) is 18.4 Å². The van der Waals surface area contributed by atoms with Gasteiger partial charge in [-0.1, -0.05) is 15.9 Å². The molecule has 0 atom stereocenters. The molecular formula is C12H11BrF2N2O2. The molecule has 7 heteroatoms. The largest absolute Gasteiger partial charge is 0.434 e. The second kappa shape index (κ2) is 6.10. The van der Waals surface area contributed by atoms with Crippen LogP contribution in [0.25, 0.3) is 0 Å². The number of hydrogen-bond acceptors (Lipinski definition) is 3. The number of rotatable bonds is 5. The van der Waals surface area contributed by atoms with E-state index >= 15 is 0 Å². The summed E-state index contributed by atoms with van der Waals surface area (Å²) in [5.74, 6) is -0.110. The highest BCUT2D eigenvalue weighted by Crippen LogP contribution is 2.28. The molecule has 1 N–H and O–H groups in total. The van der Waals surface area contributed by atoms with Crippen molar-refractivity contribution in [3.63, 3.8) is 0 Å². The predicted octanol–water partition coefficient (Wildman–Crippen LogP) is 2.91. The van der Waals surface area contributed by atoms with Crippen LogP contribution in [0.2, 0.25) is 0 Å². The molecule has 0 spiro atoms. The standard InChI is InChI=1S/C12H11BrF2N2O2/c13-9-3-4-10(19-12(14)15)8(5-9)6-16-17-11(18)7-1-2-7/h3-7,12H,1-2H2,(H,17,18)/b16-6-. The molecule has 2 rings (SSSR count). The van der Waals surface area contributed by atoms with Gasteiger partial charge in [0.2, 0.25) is 5.91 Å². The van der Waals surface area contributed by atoms with E-state index in [1.165, 1.54) is 12.3 Å². The molecule has 1 aliphatic carbocycles. The minimum atomic E-state index is -2.91. The molecule has 19 heavy (non-hydrogen) atoms. The molecule has 102 valence electrons. The average molecular weight is 333 g/mol. The first-order chi connectivity index (χ1) is 9.06. The van der Waals surface area contributed by atoms with Gasteiger partial charge in [0.1, 0.15) is 5.75 Å². The average Bonchev–Trinajstić information content (AvgIpc) is 3.16. The number of amides is 1. The number of benzene rings is 1. The second-order valence-electron chi connectivity index (χ2n) is 4.07. The van der Waals surface area contributed by atoms with Gasteiger partial charge in [0.15, 0.2) is 0 Å². The molecule has 4 nitrogen and oxygen atoms in total. The van der Waals surface area contributed by atoms with Crippen molar-refractivity contribution in [1.82, 2.24) is 5.43 Å². The van der Waals surface area contributed by atoms with Crippen LogP contribution < -0.4 is 10.2 Å². The van der Waals surface area contributed by atoms with E-state index in [1.807, 2.05) is 0 Å². The van der Waals surface area contributed by atoms with Gasteiger partial charge in [-0.05, 0) is 31.0 Å². The summed E-state index contributed by atoms with van der Waals surface area (Å²) >= 11 is 3.22. The van der Waals surface area contributed by atoms with E-state index < -0.39 is 6.61 Å². The number of nitrogens with zero attached hydrogens (tertiary/aromatic N) is 1. The minimum Gasteiger partial charge on any atom is -0.434 e. The third kappa shape index (κ3) is 4.27. The van der Waals surface area contributed by atoms with E-state index in [-0.39, 0.29) is 17.6 Å². The van der Waals surface area contributed by atoms with E-state index in [0.717, 1.165) is 12.8 Å². The Labute approximate surface area is 117 Å². The molecule has 1 aromatic carbocycles. The van der Waals surface area contributed by atoms with Gasteiger partial charge >= 0.3 is 6.61 Å². The Bertz CT molecular complexity index is 505. The van der Waals surface area contributed by atoms with Crippen molar-refractivity contribution in [2.45, 2.75) is 19.5 Å². The van der Waals surface area contributed by atoms with Crippen molar-refractivity contribution in [2.75, 3.05) is 0 Å². The number of halogens is 3. The molecule has 0 aliphatic heterocycles. The molecule has 1 amide bonds. The molecule has 0 bridgehead atoms. The fourth-order valence-electron chi connectivity index (χ4n) is 1.43. The van der Waals surface area contributed by atoms with Gasteiger partial charge in [-0.3, -0.25) is 4.79 Å². The summed E-state index contributed by atoms with van der Waals surface area (Å²) in [7, 11) is 0. The van der Waals surface area contributed by atoms with Gasteiger partial charge in [-0.15, -0.1) is 0 Å². The fraction of sp³-hybridized carbons (Fsp3) is 0.333. The number of nitrogens with one attached hydrogen (secondary N) is 1. The first-order valence-corrected chi connectivity index (χ1v) is 6.43. The summed E-state index contributed by atoms with van der Waals surface area (Å²) in [6.45, 7) is -2.91. The number of ether oxygens (including phenoxy) is 1. The smallest absolute Gasteiger partial charge is 0.387 e. The number of carbonyl (C=O) groups is 1. The molecule has 0 heterocycles. The van der Waals surface area contributed by atoms with Crippen molar-refractivity contribution in [1.29, 1.82) is 0 Å². The normalized spacial score (nSPS) is 14.9. The van der Waals surface area contributed by atoms with Crippen molar-refractivity contribution in [2.24, 2.45) is 11.0 Å². The maximum absolute atomic E-state index is 12.2. The van der Waals surface area contributed by atoms with Crippen LogP contribution in [0.15, 0.2) is 27.8 Å². The van der Waals surface area contributed by atoms with Crippen molar-refractivity contribution >= 4 is 28.1 Å². The maximum Gasteiger partial charge on any atom is 0.387 e. The third-order valence-electron chi connectivity index (χ3n) is 2.51. The van der Waals surface area contributed by atoms with Gasteiger partial charge in [0.25, 0.3) is 0 Å². The number of hydrogen-bond donors (Lipinski definition) is 1. The predicted molar refractivity (Wildman–Crippen MR) is 69.2 cm³/mol. The van der Waals surface area contributed by atoms with Gasteiger partial charge < -0.3 is 4.74 Å². The fourth-order valence-corrected chi connectivity index (χ4v) is 1.80. The van der Waals surface area contributed by atoms with Gasteiger partial charge in [-0.2, -0.15) is 13.9 Å². The number of alkyl halides is 2. The highest BCUT2D eigenvalue weighted by Gasteiger charge is 2.29. The molecule has 1 aliphatic rings. The topological polar surface area (TPSA) is 50.7 Å². The third-order valence-corrected chi connectivity index (χ3v) is 3.01. The quantitative estimate of drug-likeness (QED) is 0.665. The van der Waals surface area contributed by atoms with Gasteiger partial charge in [-0.25, -0.2) is 5.43 Å². The Morgan fingerprint density at radius 2 is 2.26 bits per heavy atom. The lowest BCUT2D eigenvalue weighted by molar-refractivity contribution is -0.122. The zero-order chi connectivity index (χ0) is 13.8. The summed E-state index contributed by atoms with van der Waals surface area (Å²) in [5, 5.41) is 3.74. The van der Waals surface area contributed by atoms with Crippen LogP contribution in [0.3, 0.4) is 0 Å². The Morgan fingerprint density at radius 1 is 1.53 bits per heavy atom. The highest BCUT2D eigenvalue weighted by atomic mass is 79.9. The lowest BCUT2D eigenvalue weighted by atomic mass is 10.2. The van der Waals surface area contributed by atoms with Crippen LogP contribution in [0.4, 0.5) is 8.78 Å². The van der Waals surface area contributed by atoms with Crippen molar-refractivity contribution in [3.8, 4) is 5.75 Å². The Balaban J connectivity index is 2.06. The van der Waals surface area contributed by atoms with Crippen LogP contribution in [-0.4, -0.2) is 18.7 Å². The summed E-state index contributed by atoms with van der Waals surface area (Å²) in [6, 6.07) is 4.56. The molecule has 0 aromatic heterocycles. The molecule has 0 unspecified atom stereocenters. The summed E-state index contributed by atoms with van der Waals surface area (Å²) in [5.41, 5.74) is 2.72. The Hall–Kier alpha value is -1.50. The second-order valence-corrected chi connectivity index (χ2v) is 4.98. The van der Waals surface area contributed by atoms with Crippen molar-refractivity contribution in [3.05, 3.63) is 28.2 Å². The summed E-state index contributed by atoms with van der Waals surface area (Å²) in [4.78, 5) is 11.3.